The van der Waals surface area contributed by atoms with Gasteiger partial charge in [-0.3, -0.25) is 0 Å². The summed E-state index contributed by atoms with van der Waals surface area (Å²) in [6.07, 6.45) is -8.47. The lowest BCUT2D eigenvalue weighted by Crippen LogP contribution is -2.59. The second-order valence-corrected chi connectivity index (χ2v) is 4.16. The Morgan fingerprint density at radius 1 is 1.26 bits per heavy atom. The summed E-state index contributed by atoms with van der Waals surface area (Å²) in [7, 11) is 0. The van der Waals surface area contributed by atoms with E-state index in [4.69, 9.17) is 24.9 Å². The highest BCUT2D eigenvalue weighted by atomic mass is 16.7. The number of nitriles is 1. The molecule has 0 radical (unpaired) electrons. The summed E-state index contributed by atoms with van der Waals surface area (Å²) < 4.78 is 10.1. The van der Waals surface area contributed by atoms with Crippen molar-refractivity contribution in [3.63, 3.8) is 0 Å². The molecular weight excluding hydrogens is 258 g/mol. The third kappa shape index (κ3) is 3.49. The summed E-state index contributed by atoms with van der Waals surface area (Å²) in [5.41, 5.74) is 0.0551. The molecule has 5 N–H and O–H groups in total. The van der Waals surface area contributed by atoms with Crippen molar-refractivity contribution in [1.29, 1.82) is 5.26 Å². The third-order valence-electron chi connectivity index (χ3n) is 2.81. The van der Waals surface area contributed by atoms with Gasteiger partial charge in [0.25, 0.3) is 0 Å². The van der Waals surface area contributed by atoms with Crippen LogP contribution < -0.4 is 0 Å². The van der Waals surface area contributed by atoms with Crippen LogP contribution in [0.3, 0.4) is 0 Å². The Balaban J connectivity index is 2.76. The van der Waals surface area contributed by atoms with Crippen molar-refractivity contribution in [2.45, 2.75) is 36.8 Å². The molecular formula is C11H17NO7. The van der Waals surface area contributed by atoms with Gasteiger partial charge in [-0.1, -0.05) is 6.58 Å². The van der Waals surface area contributed by atoms with Crippen LogP contribution in [-0.4, -0.2) is 75.6 Å². The molecule has 6 atom stereocenters. The molecule has 0 amide bonds. The highest BCUT2D eigenvalue weighted by Crippen LogP contribution is 2.23. The lowest BCUT2D eigenvalue weighted by molar-refractivity contribution is -0.304. The molecule has 0 aromatic carbocycles. The molecule has 1 rings (SSSR count). The normalized spacial score (nSPS) is 36.5. The quantitative estimate of drug-likeness (QED) is 0.340. The highest BCUT2D eigenvalue weighted by Gasteiger charge is 2.45. The Labute approximate surface area is 109 Å². The zero-order chi connectivity index (χ0) is 14.6. The van der Waals surface area contributed by atoms with Crippen molar-refractivity contribution in [1.82, 2.24) is 0 Å². The van der Waals surface area contributed by atoms with Crippen LogP contribution in [0.25, 0.3) is 0 Å². The van der Waals surface area contributed by atoms with Crippen LogP contribution in [0.15, 0.2) is 12.2 Å². The van der Waals surface area contributed by atoms with E-state index in [1.165, 1.54) is 0 Å². The van der Waals surface area contributed by atoms with Crippen LogP contribution in [0, 0.1) is 11.3 Å². The zero-order valence-electron chi connectivity index (χ0n) is 10.1. The molecule has 0 aromatic heterocycles. The van der Waals surface area contributed by atoms with E-state index in [2.05, 4.69) is 6.58 Å². The predicted octanol–water partition coefficient (Wildman–Crippen LogP) is -2.76. The lowest BCUT2D eigenvalue weighted by atomic mass is 9.99. The summed E-state index contributed by atoms with van der Waals surface area (Å²) in [5, 5.41) is 55.4. The Morgan fingerprint density at radius 3 is 2.37 bits per heavy atom. The van der Waals surface area contributed by atoms with Gasteiger partial charge in [0.15, 0.2) is 12.4 Å². The van der Waals surface area contributed by atoms with Gasteiger partial charge in [-0.15, -0.1) is 0 Å². The van der Waals surface area contributed by atoms with Crippen molar-refractivity contribution < 1.29 is 35.0 Å². The van der Waals surface area contributed by atoms with Crippen LogP contribution in [0.1, 0.15) is 0 Å². The highest BCUT2D eigenvalue weighted by molar-refractivity contribution is 5.13. The maximum Gasteiger partial charge on any atom is 0.188 e. The molecule has 0 aliphatic carbocycles. The number of ether oxygens (including phenoxy) is 2. The first kappa shape index (κ1) is 16.0. The van der Waals surface area contributed by atoms with Crippen LogP contribution in [0.5, 0.6) is 0 Å². The molecule has 1 saturated heterocycles. The summed E-state index contributed by atoms with van der Waals surface area (Å²) in [6.45, 7) is 2.33. The van der Waals surface area contributed by atoms with E-state index in [-0.39, 0.29) is 5.57 Å². The average molecular weight is 275 g/mol. The number of nitrogens with zero attached hydrogens (tertiary/aromatic N) is 1. The van der Waals surface area contributed by atoms with E-state index in [9.17, 15) is 15.3 Å². The van der Waals surface area contributed by atoms with E-state index in [0.717, 1.165) is 0 Å². The summed E-state index contributed by atoms with van der Waals surface area (Å²) in [6, 6.07) is 1.70. The summed E-state index contributed by atoms with van der Waals surface area (Å²) in [4.78, 5) is 0. The second kappa shape index (κ2) is 6.93. The van der Waals surface area contributed by atoms with Crippen molar-refractivity contribution in [3.8, 4) is 6.07 Å². The SMILES string of the molecule is C=C(CO)[C@H](C#N)O[C@H]1O[C@@H](CO)[C@H](O)[C@@H](O)[C@@H]1O. The van der Waals surface area contributed by atoms with Crippen LogP contribution in [0.2, 0.25) is 0 Å². The molecule has 8 heteroatoms. The minimum atomic E-state index is -1.60. The predicted molar refractivity (Wildman–Crippen MR) is 60.5 cm³/mol. The first-order valence-corrected chi connectivity index (χ1v) is 5.60. The van der Waals surface area contributed by atoms with Gasteiger partial charge in [0.05, 0.1) is 19.3 Å². The fraction of sp³-hybridized carbons (Fsp3) is 0.727. The van der Waals surface area contributed by atoms with Crippen LogP contribution in [0.4, 0.5) is 0 Å². The minimum absolute atomic E-state index is 0.0551. The van der Waals surface area contributed by atoms with Crippen LogP contribution >= 0.6 is 0 Å². The Hall–Kier alpha value is -1.05. The largest absolute Gasteiger partial charge is 0.394 e. The third-order valence-corrected chi connectivity index (χ3v) is 2.81. The van der Waals surface area contributed by atoms with E-state index in [1.807, 2.05) is 0 Å². The van der Waals surface area contributed by atoms with Gasteiger partial charge in [0.2, 0.25) is 0 Å². The zero-order valence-corrected chi connectivity index (χ0v) is 10.1. The molecule has 108 valence electrons. The van der Waals surface area contributed by atoms with Crippen molar-refractivity contribution >= 4 is 0 Å². The van der Waals surface area contributed by atoms with Crippen molar-refractivity contribution in [2.75, 3.05) is 13.2 Å². The fourth-order valence-electron chi connectivity index (χ4n) is 1.61. The first-order valence-electron chi connectivity index (χ1n) is 5.60. The standard InChI is InChI=1S/C11H17NO7/c1-5(3-13)6(2-12)18-11-10(17)9(16)8(15)7(4-14)19-11/h6-11,13-17H,1,3-4H2/t6-,7-,8-,9+,10-,11-/m0/s1. The maximum atomic E-state index is 9.68. The Bertz CT molecular complexity index is 353. The summed E-state index contributed by atoms with van der Waals surface area (Å²) in [5.74, 6) is 0. The van der Waals surface area contributed by atoms with E-state index < -0.39 is 50.0 Å². The molecule has 8 nitrogen and oxygen atoms in total. The molecule has 1 heterocycles. The number of hydrogen-bond donors (Lipinski definition) is 5. The summed E-state index contributed by atoms with van der Waals surface area (Å²) >= 11 is 0. The number of aliphatic hydroxyl groups is 5. The smallest absolute Gasteiger partial charge is 0.188 e. The van der Waals surface area contributed by atoms with Gasteiger partial charge in [-0.05, 0) is 5.57 Å². The number of hydrogen-bond acceptors (Lipinski definition) is 8. The van der Waals surface area contributed by atoms with E-state index in [1.54, 1.807) is 6.07 Å². The fourth-order valence-corrected chi connectivity index (χ4v) is 1.61. The monoisotopic (exact) mass is 275 g/mol. The van der Waals surface area contributed by atoms with Crippen LogP contribution in [-0.2, 0) is 9.47 Å². The molecule has 0 unspecified atom stereocenters. The van der Waals surface area contributed by atoms with Crippen molar-refractivity contribution in [3.05, 3.63) is 12.2 Å². The number of rotatable bonds is 5. The molecule has 0 bridgehead atoms. The van der Waals surface area contributed by atoms with Gasteiger partial charge in [-0.25, -0.2) is 0 Å². The van der Waals surface area contributed by atoms with Gasteiger partial charge in [0.1, 0.15) is 24.4 Å². The molecule has 0 aromatic rings. The molecule has 0 spiro atoms. The Morgan fingerprint density at radius 2 is 1.89 bits per heavy atom. The first-order chi connectivity index (χ1) is 8.96. The maximum absolute atomic E-state index is 9.68. The second-order valence-electron chi connectivity index (χ2n) is 4.16. The van der Waals surface area contributed by atoms with E-state index in [0.29, 0.717) is 0 Å². The minimum Gasteiger partial charge on any atom is -0.394 e. The molecule has 19 heavy (non-hydrogen) atoms. The van der Waals surface area contributed by atoms with Gasteiger partial charge in [0, 0.05) is 0 Å². The van der Waals surface area contributed by atoms with Gasteiger partial charge < -0.3 is 35.0 Å². The van der Waals surface area contributed by atoms with Crippen molar-refractivity contribution in [2.24, 2.45) is 0 Å². The molecule has 1 fully saturated rings. The number of aliphatic hydroxyl groups excluding tert-OH is 5. The topological polar surface area (TPSA) is 143 Å². The molecule has 0 saturated carbocycles. The molecule has 1 aliphatic heterocycles. The lowest BCUT2D eigenvalue weighted by Gasteiger charge is -2.40. The molecule has 1 aliphatic rings. The van der Waals surface area contributed by atoms with E-state index >= 15 is 0 Å². The Kier molecular flexibility index (Phi) is 5.84. The average Bonchev–Trinajstić information content (AvgIpc) is 2.43. The van der Waals surface area contributed by atoms with Gasteiger partial charge in [-0.2, -0.15) is 5.26 Å². The van der Waals surface area contributed by atoms with Gasteiger partial charge >= 0.3 is 0 Å².